The smallest absolute Gasteiger partial charge is 0.225 e. The number of benzene rings is 1. The van der Waals surface area contributed by atoms with Gasteiger partial charge in [-0.1, -0.05) is 22.0 Å². The highest BCUT2D eigenvalue weighted by molar-refractivity contribution is 9.10. The summed E-state index contributed by atoms with van der Waals surface area (Å²) in [5.41, 5.74) is 0.868. The van der Waals surface area contributed by atoms with Gasteiger partial charge in [0.2, 0.25) is 10.0 Å². The Hall–Kier alpha value is 0.0900. The standard InChI is InChI=1S/C7H7Br2NO2S/c8-4-5-1-2-6(9)7(3-5)13(10,11)12/h1-3H,4H2,(H2,10,11,12). The summed E-state index contributed by atoms with van der Waals surface area (Å²) in [5.74, 6) is 0. The van der Waals surface area contributed by atoms with Gasteiger partial charge in [-0.3, -0.25) is 0 Å². The van der Waals surface area contributed by atoms with Crippen LogP contribution < -0.4 is 5.14 Å². The summed E-state index contributed by atoms with van der Waals surface area (Å²) in [7, 11) is -3.63. The molecule has 1 aromatic rings. The molecule has 2 N–H and O–H groups in total. The highest BCUT2D eigenvalue weighted by Gasteiger charge is 2.12. The van der Waals surface area contributed by atoms with Gasteiger partial charge >= 0.3 is 0 Å². The Labute approximate surface area is 93.6 Å². The number of rotatable bonds is 2. The summed E-state index contributed by atoms with van der Waals surface area (Å²) >= 11 is 6.35. The van der Waals surface area contributed by atoms with Crippen LogP contribution in [0.5, 0.6) is 0 Å². The van der Waals surface area contributed by atoms with Crippen molar-refractivity contribution in [1.29, 1.82) is 0 Å². The summed E-state index contributed by atoms with van der Waals surface area (Å²) in [6.07, 6.45) is 0. The Bertz CT molecular complexity index is 417. The molecule has 1 aromatic carbocycles. The van der Waals surface area contributed by atoms with Gasteiger partial charge < -0.3 is 0 Å². The summed E-state index contributed by atoms with van der Waals surface area (Å²) in [4.78, 5) is 0.115. The number of sulfonamides is 1. The van der Waals surface area contributed by atoms with Crippen LogP contribution in [0.4, 0.5) is 0 Å². The Kier molecular flexibility index (Phi) is 3.50. The molecule has 0 aliphatic rings. The highest BCUT2D eigenvalue weighted by atomic mass is 79.9. The lowest BCUT2D eigenvalue weighted by atomic mass is 10.2. The first kappa shape index (κ1) is 11.2. The zero-order chi connectivity index (χ0) is 10.1. The van der Waals surface area contributed by atoms with Gasteiger partial charge in [-0.15, -0.1) is 0 Å². The van der Waals surface area contributed by atoms with Gasteiger partial charge in [-0.2, -0.15) is 0 Å². The van der Waals surface area contributed by atoms with Gasteiger partial charge in [-0.05, 0) is 33.6 Å². The SMILES string of the molecule is NS(=O)(=O)c1cc(CBr)ccc1Br. The van der Waals surface area contributed by atoms with Gasteiger partial charge in [0.05, 0.1) is 4.90 Å². The van der Waals surface area contributed by atoms with E-state index in [1.807, 2.05) is 6.07 Å². The minimum Gasteiger partial charge on any atom is -0.225 e. The number of alkyl halides is 1. The zero-order valence-corrected chi connectivity index (χ0v) is 10.5. The first-order valence-corrected chi connectivity index (χ1v) is 6.78. The van der Waals surface area contributed by atoms with Crippen molar-refractivity contribution in [2.24, 2.45) is 5.14 Å². The van der Waals surface area contributed by atoms with Gasteiger partial charge in [0.25, 0.3) is 0 Å². The molecule has 0 saturated heterocycles. The van der Waals surface area contributed by atoms with E-state index in [0.717, 1.165) is 5.56 Å². The predicted molar refractivity (Wildman–Crippen MR) is 58.1 cm³/mol. The Morgan fingerprint density at radius 2 is 2.00 bits per heavy atom. The predicted octanol–water partition coefficient (Wildman–Crippen LogP) is 1.99. The van der Waals surface area contributed by atoms with E-state index in [2.05, 4.69) is 31.9 Å². The molecule has 0 saturated carbocycles. The molecule has 0 atom stereocenters. The molecule has 0 heterocycles. The van der Waals surface area contributed by atoms with Crippen LogP contribution in [0.15, 0.2) is 27.6 Å². The van der Waals surface area contributed by atoms with Crippen LogP contribution in [0.3, 0.4) is 0 Å². The summed E-state index contributed by atoms with van der Waals surface area (Å²) in [6, 6.07) is 5.01. The van der Waals surface area contributed by atoms with Gasteiger partial charge in [0, 0.05) is 9.80 Å². The van der Waals surface area contributed by atoms with Crippen LogP contribution in [0.1, 0.15) is 5.56 Å². The van der Waals surface area contributed by atoms with Crippen molar-refractivity contribution in [1.82, 2.24) is 0 Å². The maximum atomic E-state index is 11.1. The normalized spacial score (nSPS) is 11.6. The maximum absolute atomic E-state index is 11.1. The van der Waals surface area contributed by atoms with E-state index in [-0.39, 0.29) is 4.90 Å². The van der Waals surface area contributed by atoms with Crippen molar-refractivity contribution in [3.8, 4) is 0 Å². The molecular weight excluding hydrogens is 322 g/mol. The van der Waals surface area contributed by atoms with Gasteiger partial charge in [0.1, 0.15) is 0 Å². The Balaban J connectivity index is 3.36. The number of nitrogens with two attached hydrogens (primary N) is 1. The van der Waals surface area contributed by atoms with E-state index in [4.69, 9.17) is 5.14 Å². The molecule has 0 radical (unpaired) electrons. The molecular formula is C7H7Br2NO2S. The molecule has 0 amide bonds. The topological polar surface area (TPSA) is 60.2 Å². The van der Waals surface area contributed by atoms with Gasteiger partial charge in [0.15, 0.2) is 0 Å². The summed E-state index contributed by atoms with van der Waals surface area (Å²) < 4.78 is 22.6. The summed E-state index contributed by atoms with van der Waals surface area (Å²) in [5, 5.41) is 5.61. The lowest BCUT2D eigenvalue weighted by Gasteiger charge is -2.03. The van der Waals surface area contributed by atoms with E-state index in [0.29, 0.717) is 9.80 Å². The second-order valence-corrected chi connectivity index (χ2v) is 5.39. The van der Waals surface area contributed by atoms with Gasteiger partial charge in [-0.25, -0.2) is 13.6 Å². The minimum atomic E-state index is -3.63. The molecule has 1 rings (SSSR count). The van der Waals surface area contributed by atoms with E-state index >= 15 is 0 Å². The number of primary sulfonamides is 1. The molecule has 0 fully saturated rings. The third-order valence-electron chi connectivity index (χ3n) is 1.46. The maximum Gasteiger partial charge on any atom is 0.239 e. The fourth-order valence-electron chi connectivity index (χ4n) is 0.849. The second-order valence-electron chi connectivity index (χ2n) is 2.44. The van der Waals surface area contributed by atoms with Crippen molar-refractivity contribution in [3.63, 3.8) is 0 Å². The van der Waals surface area contributed by atoms with Crippen molar-refractivity contribution in [2.75, 3.05) is 0 Å². The number of halogens is 2. The molecule has 0 aliphatic carbocycles. The van der Waals surface area contributed by atoms with E-state index in [1.54, 1.807) is 6.07 Å². The van der Waals surface area contributed by atoms with Crippen LogP contribution >= 0.6 is 31.9 Å². The molecule has 0 unspecified atom stereocenters. The average molecular weight is 329 g/mol. The molecule has 72 valence electrons. The first-order chi connectivity index (χ1) is 5.95. The first-order valence-electron chi connectivity index (χ1n) is 3.32. The highest BCUT2D eigenvalue weighted by Crippen LogP contribution is 2.22. The van der Waals surface area contributed by atoms with Crippen molar-refractivity contribution >= 4 is 41.9 Å². The quantitative estimate of drug-likeness (QED) is 0.844. The van der Waals surface area contributed by atoms with Crippen LogP contribution in [0.2, 0.25) is 0 Å². The van der Waals surface area contributed by atoms with E-state index in [1.165, 1.54) is 6.07 Å². The molecule has 0 aromatic heterocycles. The lowest BCUT2D eigenvalue weighted by Crippen LogP contribution is -2.13. The number of hydrogen-bond acceptors (Lipinski definition) is 2. The fraction of sp³-hybridized carbons (Fsp3) is 0.143. The molecule has 6 heteroatoms. The number of hydrogen-bond donors (Lipinski definition) is 1. The van der Waals surface area contributed by atoms with Crippen molar-refractivity contribution < 1.29 is 8.42 Å². The fourth-order valence-corrected chi connectivity index (χ4v) is 2.78. The average Bonchev–Trinajstić information content (AvgIpc) is 2.03. The van der Waals surface area contributed by atoms with Crippen LogP contribution in [-0.4, -0.2) is 8.42 Å². The molecule has 0 aliphatic heterocycles. The zero-order valence-electron chi connectivity index (χ0n) is 6.50. The van der Waals surface area contributed by atoms with Crippen LogP contribution in [0.25, 0.3) is 0 Å². The largest absolute Gasteiger partial charge is 0.239 e. The molecule has 0 spiro atoms. The Morgan fingerprint density at radius 1 is 1.38 bits per heavy atom. The molecule has 13 heavy (non-hydrogen) atoms. The molecule has 3 nitrogen and oxygen atoms in total. The second kappa shape index (κ2) is 4.08. The van der Waals surface area contributed by atoms with Crippen LogP contribution in [-0.2, 0) is 15.4 Å². The third kappa shape index (κ3) is 2.77. The molecule has 0 bridgehead atoms. The van der Waals surface area contributed by atoms with E-state index < -0.39 is 10.0 Å². The Morgan fingerprint density at radius 3 is 2.46 bits per heavy atom. The van der Waals surface area contributed by atoms with E-state index in [9.17, 15) is 8.42 Å². The lowest BCUT2D eigenvalue weighted by molar-refractivity contribution is 0.597. The monoisotopic (exact) mass is 327 g/mol. The van der Waals surface area contributed by atoms with Crippen molar-refractivity contribution in [2.45, 2.75) is 10.2 Å². The van der Waals surface area contributed by atoms with Crippen molar-refractivity contribution in [3.05, 3.63) is 28.2 Å². The summed E-state index contributed by atoms with van der Waals surface area (Å²) in [6.45, 7) is 0. The third-order valence-corrected chi connectivity index (χ3v) is 4.01. The van der Waals surface area contributed by atoms with Crippen LogP contribution in [0, 0.1) is 0 Å². The minimum absolute atomic E-state index is 0.115.